The Bertz CT molecular complexity index is 1900. The number of fused-ring (bicyclic) bond motifs is 3. The molecule has 0 amide bonds. The number of nitrogen functional groups attached to an aromatic ring is 1. The lowest BCUT2D eigenvalue weighted by Gasteiger charge is -2.13. The largest absolute Gasteiger partial charge is 0.398 e. The topological polar surface area (TPSA) is 41.8 Å². The first-order valence-corrected chi connectivity index (χ1v) is 12.2. The highest BCUT2D eigenvalue weighted by Gasteiger charge is 2.13. The van der Waals surface area contributed by atoms with E-state index in [1.807, 2.05) is 12.3 Å². The average molecular weight is 461 g/mol. The number of nitrogens with one attached hydrogen (secondary N) is 1. The van der Waals surface area contributed by atoms with E-state index in [9.17, 15) is 0 Å². The van der Waals surface area contributed by atoms with Crippen molar-refractivity contribution in [2.45, 2.75) is 0 Å². The summed E-state index contributed by atoms with van der Waals surface area (Å²) in [4.78, 5) is 3.47. The molecule has 0 saturated carbocycles. The van der Waals surface area contributed by atoms with Crippen molar-refractivity contribution < 1.29 is 0 Å². The van der Waals surface area contributed by atoms with Crippen LogP contribution in [0.4, 0.5) is 5.69 Å². The van der Waals surface area contributed by atoms with Crippen molar-refractivity contribution in [1.29, 1.82) is 0 Å². The molecule has 1 aromatic heterocycles. The van der Waals surface area contributed by atoms with Crippen LogP contribution in [0.3, 0.4) is 0 Å². The second kappa shape index (κ2) is 8.14. The quantitative estimate of drug-likeness (QED) is 0.254. The summed E-state index contributed by atoms with van der Waals surface area (Å²) >= 11 is 0. The Morgan fingerprint density at radius 1 is 0.444 bits per heavy atom. The molecule has 0 spiro atoms. The lowest BCUT2D eigenvalue weighted by molar-refractivity contribution is 1.47. The third-order valence-corrected chi connectivity index (χ3v) is 7.19. The van der Waals surface area contributed by atoms with Gasteiger partial charge in [0.25, 0.3) is 0 Å². The Hall–Kier alpha value is -4.82. The second-order valence-electron chi connectivity index (χ2n) is 9.36. The predicted octanol–water partition coefficient (Wildman–Crippen LogP) is 9.06. The minimum atomic E-state index is 0.783. The van der Waals surface area contributed by atoms with Crippen LogP contribution in [0.2, 0.25) is 0 Å². The maximum Gasteiger partial charge on any atom is 0.0534 e. The molecule has 0 fully saturated rings. The number of rotatable bonds is 3. The molecule has 0 bridgehead atoms. The average Bonchev–Trinajstić information content (AvgIpc) is 3.41. The van der Waals surface area contributed by atoms with Crippen molar-refractivity contribution in [2.75, 3.05) is 5.73 Å². The van der Waals surface area contributed by atoms with Crippen molar-refractivity contribution >= 4 is 38.1 Å². The minimum absolute atomic E-state index is 0.783. The second-order valence-corrected chi connectivity index (χ2v) is 9.36. The summed E-state index contributed by atoms with van der Waals surface area (Å²) in [7, 11) is 0. The molecule has 6 aromatic carbocycles. The first-order valence-electron chi connectivity index (χ1n) is 12.2. The number of benzene rings is 6. The first-order chi connectivity index (χ1) is 17.7. The summed E-state index contributed by atoms with van der Waals surface area (Å²) in [5, 5.41) is 6.13. The zero-order valence-corrected chi connectivity index (χ0v) is 19.7. The van der Waals surface area contributed by atoms with Crippen LogP contribution in [0, 0.1) is 0 Å². The van der Waals surface area contributed by atoms with Crippen LogP contribution in [-0.2, 0) is 0 Å². The van der Waals surface area contributed by atoms with Crippen molar-refractivity contribution in [1.82, 2.24) is 4.98 Å². The molecule has 7 aromatic rings. The highest BCUT2D eigenvalue weighted by atomic mass is 14.7. The van der Waals surface area contributed by atoms with E-state index < -0.39 is 0 Å². The molecular weight excluding hydrogens is 436 g/mol. The number of aromatic nitrogens is 1. The Kier molecular flexibility index (Phi) is 4.65. The maximum absolute atomic E-state index is 6.50. The fourth-order valence-electron chi connectivity index (χ4n) is 5.35. The molecule has 1 heterocycles. The van der Waals surface area contributed by atoms with Crippen LogP contribution in [0.15, 0.2) is 128 Å². The van der Waals surface area contributed by atoms with Gasteiger partial charge in [-0.15, -0.1) is 0 Å². The van der Waals surface area contributed by atoms with Crippen LogP contribution in [0.5, 0.6) is 0 Å². The van der Waals surface area contributed by atoms with Crippen LogP contribution in [0.1, 0.15) is 0 Å². The van der Waals surface area contributed by atoms with Crippen molar-refractivity contribution in [2.24, 2.45) is 0 Å². The molecule has 2 nitrogen and oxygen atoms in total. The monoisotopic (exact) mass is 460 g/mol. The molecule has 0 radical (unpaired) electrons. The van der Waals surface area contributed by atoms with Gasteiger partial charge in [0.2, 0.25) is 0 Å². The Balaban J connectivity index is 1.42. The normalized spacial score (nSPS) is 11.4. The molecule has 2 heteroatoms. The molecule has 0 aliphatic rings. The highest BCUT2D eigenvalue weighted by Crippen LogP contribution is 2.39. The molecule has 0 unspecified atom stereocenters. The van der Waals surface area contributed by atoms with Gasteiger partial charge in [0.1, 0.15) is 0 Å². The van der Waals surface area contributed by atoms with Crippen molar-refractivity contribution in [3.8, 4) is 33.4 Å². The van der Waals surface area contributed by atoms with Crippen LogP contribution < -0.4 is 5.73 Å². The van der Waals surface area contributed by atoms with E-state index in [0.29, 0.717) is 0 Å². The molecule has 170 valence electrons. The molecule has 7 rings (SSSR count). The summed E-state index contributed by atoms with van der Waals surface area (Å²) in [5.74, 6) is 0. The zero-order valence-electron chi connectivity index (χ0n) is 19.7. The van der Waals surface area contributed by atoms with Crippen LogP contribution in [-0.4, -0.2) is 4.98 Å². The zero-order chi connectivity index (χ0) is 24.1. The van der Waals surface area contributed by atoms with E-state index >= 15 is 0 Å². The van der Waals surface area contributed by atoms with Gasteiger partial charge in [0.15, 0.2) is 0 Å². The highest BCUT2D eigenvalue weighted by molar-refractivity contribution is 6.06. The third kappa shape index (κ3) is 3.35. The lowest BCUT2D eigenvalue weighted by Crippen LogP contribution is -1.92. The van der Waals surface area contributed by atoms with Gasteiger partial charge in [-0.05, 0) is 80.2 Å². The number of H-pyrrole nitrogens is 1. The molecule has 0 aliphatic heterocycles. The fraction of sp³-hybridized carbons (Fsp3) is 0. The van der Waals surface area contributed by atoms with E-state index in [1.165, 1.54) is 43.6 Å². The smallest absolute Gasteiger partial charge is 0.0534 e. The molecule has 0 saturated heterocycles. The first kappa shape index (κ1) is 20.5. The van der Waals surface area contributed by atoms with Gasteiger partial charge in [-0.1, -0.05) is 84.9 Å². The standard InChI is InChI=1S/C34H24N2/c35-33-15-14-25(20-31(33)26-13-12-22-6-1-2-8-24(22)18-26)28-19-27-16-17-36-34(27)32(21-28)30-11-5-9-23-7-3-4-10-29(23)30/h1-21,36H,35H2. The Morgan fingerprint density at radius 3 is 2.08 bits per heavy atom. The molecule has 3 N–H and O–H groups in total. The maximum atomic E-state index is 6.50. The summed E-state index contributed by atoms with van der Waals surface area (Å²) in [6.07, 6.45) is 2.02. The fourth-order valence-corrected chi connectivity index (χ4v) is 5.35. The van der Waals surface area contributed by atoms with Gasteiger partial charge < -0.3 is 10.7 Å². The van der Waals surface area contributed by atoms with Crippen LogP contribution >= 0.6 is 0 Å². The SMILES string of the molecule is Nc1ccc(-c2cc(-c3cccc4ccccc34)c3[nH]ccc3c2)cc1-c1ccc2ccccc2c1. The van der Waals surface area contributed by atoms with Gasteiger partial charge in [-0.2, -0.15) is 0 Å². The molecule has 0 atom stereocenters. The number of hydrogen-bond donors (Lipinski definition) is 2. The number of nitrogens with two attached hydrogens (primary N) is 1. The minimum Gasteiger partial charge on any atom is -0.398 e. The molecule has 0 aliphatic carbocycles. The number of anilines is 1. The summed E-state index contributed by atoms with van der Waals surface area (Å²) in [6.45, 7) is 0. The van der Waals surface area contributed by atoms with Gasteiger partial charge in [-0.25, -0.2) is 0 Å². The molecule has 36 heavy (non-hydrogen) atoms. The van der Waals surface area contributed by atoms with E-state index in [4.69, 9.17) is 5.73 Å². The predicted molar refractivity (Wildman–Crippen MR) is 154 cm³/mol. The number of aromatic amines is 1. The lowest BCUT2D eigenvalue weighted by atomic mass is 9.91. The summed E-state index contributed by atoms with van der Waals surface area (Å²) in [5.41, 5.74) is 15.4. The summed E-state index contributed by atoms with van der Waals surface area (Å²) < 4.78 is 0. The van der Waals surface area contributed by atoms with E-state index in [0.717, 1.165) is 27.9 Å². The Labute approximate surface area is 209 Å². The van der Waals surface area contributed by atoms with Gasteiger partial charge in [0.05, 0.1) is 5.52 Å². The van der Waals surface area contributed by atoms with Crippen molar-refractivity contribution in [3.63, 3.8) is 0 Å². The van der Waals surface area contributed by atoms with E-state index in [-0.39, 0.29) is 0 Å². The van der Waals surface area contributed by atoms with Gasteiger partial charge in [0, 0.05) is 28.4 Å². The van der Waals surface area contributed by atoms with E-state index in [2.05, 4.69) is 120 Å². The summed E-state index contributed by atoms with van der Waals surface area (Å²) in [6, 6.07) is 43.2. The van der Waals surface area contributed by atoms with Gasteiger partial charge >= 0.3 is 0 Å². The van der Waals surface area contributed by atoms with Gasteiger partial charge in [-0.3, -0.25) is 0 Å². The van der Waals surface area contributed by atoms with Crippen LogP contribution in [0.25, 0.3) is 65.8 Å². The third-order valence-electron chi connectivity index (χ3n) is 7.19. The Morgan fingerprint density at radius 2 is 1.17 bits per heavy atom. The van der Waals surface area contributed by atoms with E-state index in [1.54, 1.807) is 0 Å². The number of hydrogen-bond acceptors (Lipinski definition) is 1. The van der Waals surface area contributed by atoms with Crippen molar-refractivity contribution in [3.05, 3.63) is 128 Å². The molecular formula is C34H24N2.